The maximum Gasteiger partial charge on any atom is 0.220 e. The Hall–Kier alpha value is -3.02. The molecule has 3 rings (SSSR count). The number of ether oxygens (including phenoxy) is 1. The summed E-state index contributed by atoms with van der Waals surface area (Å²) in [5.41, 5.74) is 4.01. The summed E-state index contributed by atoms with van der Waals surface area (Å²) in [6.45, 7) is 5.91. The van der Waals surface area contributed by atoms with Gasteiger partial charge in [0.15, 0.2) is 0 Å². The molecule has 0 aliphatic heterocycles. The number of nitrogens with one attached hydrogen (secondary N) is 1. The van der Waals surface area contributed by atoms with Crippen LogP contribution in [0.4, 0.5) is 0 Å². The zero-order valence-electron chi connectivity index (χ0n) is 16.2. The van der Waals surface area contributed by atoms with Gasteiger partial charge >= 0.3 is 0 Å². The Labute approximate surface area is 159 Å². The van der Waals surface area contributed by atoms with Crippen LogP contribution >= 0.6 is 0 Å². The molecule has 142 valence electrons. The number of amides is 1. The van der Waals surface area contributed by atoms with Gasteiger partial charge in [-0.05, 0) is 57.0 Å². The van der Waals surface area contributed by atoms with Crippen LogP contribution in [0.15, 0.2) is 47.1 Å². The Kier molecular flexibility index (Phi) is 5.64. The van der Waals surface area contributed by atoms with Crippen molar-refractivity contribution < 1.29 is 13.9 Å². The smallest absolute Gasteiger partial charge is 0.220 e. The topological polar surface area (TPSA) is 69.3 Å². The summed E-state index contributed by atoms with van der Waals surface area (Å²) in [5, 5.41) is 7.62. The van der Waals surface area contributed by atoms with Crippen LogP contribution in [0.1, 0.15) is 42.1 Å². The molecular formula is C21H25N3O3. The molecule has 0 unspecified atom stereocenters. The van der Waals surface area contributed by atoms with Gasteiger partial charge in [0.1, 0.15) is 11.5 Å². The van der Waals surface area contributed by atoms with E-state index in [0.717, 1.165) is 34.1 Å². The Bertz CT molecular complexity index is 913. The first kappa shape index (κ1) is 18.8. The third-order valence-corrected chi connectivity index (χ3v) is 4.69. The lowest BCUT2D eigenvalue weighted by molar-refractivity contribution is -0.121. The van der Waals surface area contributed by atoms with Gasteiger partial charge < -0.3 is 14.5 Å². The second-order valence-electron chi connectivity index (χ2n) is 6.57. The first-order valence-corrected chi connectivity index (χ1v) is 9.02. The van der Waals surface area contributed by atoms with Crippen LogP contribution in [0, 0.1) is 13.8 Å². The molecular weight excluding hydrogens is 342 g/mol. The Morgan fingerprint density at radius 2 is 2.11 bits per heavy atom. The van der Waals surface area contributed by atoms with E-state index in [2.05, 4.69) is 10.4 Å². The molecule has 1 N–H and O–H groups in total. The van der Waals surface area contributed by atoms with Gasteiger partial charge in [-0.3, -0.25) is 4.79 Å². The van der Waals surface area contributed by atoms with E-state index in [1.165, 1.54) is 0 Å². The summed E-state index contributed by atoms with van der Waals surface area (Å²) in [6, 6.07) is 11.3. The van der Waals surface area contributed by atoms with Gasteiger partial charge in [0.25, 0.3) is 0 Å². The highest BCUT2D eigenvalue weighted by atomic mass is 16.5. The molecule has 0 spiro atoms. The molecule has 3 aromatic rings. The van der Waals surface area contributed by atoms with Crippen LogP contribution in [0.3, 0.4) is 0 Å². The van der Waals surface area contributed by atoms with Crippen molar-refractivity contribution in [1.82, 2.24) is 15.1 Å². The lowest BCUT2D eigenvalue weighted by Gasteiger charge is -2.11. The summed E-state index contributed by atoms with van der Waals surface area (Å²) in [6.07, 6.45) is 2.65. The van der Waals surface area contributed by atoms with Gasteiger partial charge in [0, 0.05) is 18.2 Å². The molecule has 1 aromatic carbocycles. The van der Waals surface area contributed by atoms with E-state index >= 15 is 0 Å². The largest absolute Gasteiger partial charge is 0.497 e. The average molecular weight is 367 g/mol. The number of aryl methyl sites for hydroxylation is 1. The van der Waals surface area contributed by atoms with Crippen molar-refractivity contribution in [3.63, 3.8) is 0 Å². The van der Waals surface area contributed by atoms with Crippen LogP contribution < -0.4 is 10.1 Å². The number of furan rings is 1. The molecule has 6 heteroatoms. The van der Waals surface area contributed by atoms with Crippen molar-refractivity contribution in [3.8, 4) is 11.4 Å². The molecule has 0 fully saturated rings. The number of benzene rings is 1. The first-order chi connectivity index (χ1) is 13.0. The average Bonchev–Trinajstić information content (AvgIpc) is 3.29. The van der Waals surface area contributed by atoms with E-state index < -0.39 is 0 Å². The number of rotatable bonds is 7. The van der Waals surface area contributed by atoms with E-state index in [4.69, 9.17) is 9.15 Å². The minimum Gasteiger partial charge on any atom is -0.497 e. The zero-order valence-corrected chi connectivity index (χ0v) is 16.2. The van der Waals surface area contributed by atoms with Crippen LogP contribution in [0.5, 0.6) is 5.75 Å². The predicted molar refractivity (Wildman–Crippen MR) is 103 cm³/mol. The molecule has 0 bridgehead atoms. The molecule has 0 saturated carbocycles. The number of methoxy groups -OCH3 is 1. The summed E-state index contributed by atoms with van der Waals surface area (Å²) in [5.74, 6) is 1.53. The van der Waals surface area contributed by atoms with Gasteiger partial charge in [-0.2, -0.15) is 5.10 Å². The molecule has 2 heterocycles. The zero-order chi connectivity index (χ0) is 19.4. The summed E-state index contributed by atoms with van der Waals surface area (Å²) in [4.78, 5) is 12.3. The van der Waals surface area contributed by atoms with E-state index in [1.54, 1.807) is 13.4 Å². The third-order valence-electron chi connectivity index (χ3n) is 4.69. The van der Waals surface area contributed by atoms with Gasteiger partial charge in [0.05, 0.1) is 30.8 Å². The van der Waals surface area contributed by atoms with Crippen molar-refractivity contribution >= 4 is 5.91 Å². The Morgan fingerprint density at radius 3 is 2.81 bits per heavy atom. The molecule has 0 radical (unpaired) electrons. The highest BCUT2D eigenvalue weighted by Gasteiger charge is 2.16. The van der Waals surface area contributed by atoms with E-state index in [1.807, 2.05) is 61.9 Å². The van der Waals surface area contributed by atoms with Gasteiger partial charge in [-0.25, -0.2) is 4.68 Å². The van der Waals surface area contributed by atoms with Gasteiger partial charge in [-0.15, -0.1) is 0 Å². The van der Waals surface area contributed by atoms with Crippen LogP contribution in [-0.4, -0.2) is 22.8 Å². The first-order valence-electron chi connectivity index (χ1n) is 9.02. The number of hydrogen-bond donors (Lipinski definition) is 1. The normalized spacial score (nSPS) is 12.0. The summed E-state index contributed by atoms with van der Waals surface area (Å²) >= 11 is 0. The highest BCUT2D eigenvalue weighted by Crippen LogP contribution is 2.22. The molecule has 27 heavy (non-hydrogen) atoms. The van der Waals surface area contributed by atoms with Crippen LogP contribution in [0.25, 0.3) is 5.69 Å². The van der Waals surface area contributed by atoms with Gasteiger partial charge in [-0.1, -0.05) is 6.07 Å². The molecule has 6 nitrogen and oxygen atoms in total. The lowest BCUT2D eigenvalue weighted by atomic mass is 10.1. The van der Waals surface area contributed by atoms with Crippen molar-refractivity contribution in [2.45, 2.75) is 39.7 Å². The van der Waals surface area contributed by atoms with E-state index in [0.29, 0.717) is 12.8 Å². The quantitative estimate of drug-likeness (QED) is 0.688. The molecule has 0 saturated heterocycles. The maximum absolute atomic E-state index is 12.3. The maximum atomic E-state index is 12.3. The molecule has 2 aromatic heterocycles. The fourth-order valence-electron chi connectivity index (χ4n) is 3.19. The number of nitrogens with zero attached hydrogens (tertiary/aromatic N) is 2. The molecule has 1 atom stereocenters. The van der Waals surface area contributed by atoms with E-state index in [-0.39, 0.29) is 11.9 Å². The van der Waals surface area contributed by atoms with Crippen molar-refractivity contribution in [2.24, 2.45) is 0 Å². The number of carbonyl (C=O) groups excluding carboxylic acids is 1. The minimum atomic E-state index is -0.144. The number of hydrogen-bond acceptors (Lipinski definition) is 4. The van der Waals surface area contributed by atoms with Crippen LogP contribution in [0.2, 0.25) is 0 Å². The number of aromatic nitrogens is 2. The monoisotopic (exact) mass is 367 g/mol. The fourth-order valence-corrected chi connectivity index (χ4v) is 3.19. The highest BCUT2D eigenvalue weighted by molar-refractivity contribution is 5.76. The SMILES string of the molecule is COc1cccc(-n2nc(C)c(CCC(=O)N[C@@H](C)c3ccco3)c2C)c1. The standard InChI is InChI=1S/C21H25N3O3/c1-14-19(10-11-21(25)22-15(2)20-9-6-12-27-20)16(3)24(23-14)17-7-5-8-18(13-17)26-4/h5-9,12-13,15H,10-11H2,1-4H3,(H,22,25)/t15-/m0/s1. The fraction of sp³-hybridized carbons (Fsp3) is 0.333. The van der Waals surface area contributed by atoms with Crippen molar-refractivity contribution in [1.29, 1.82) is 0 Å². The van der Waals surface area contributed by atoms with Gasteiger partial charge in [0.2, 0.25) is 5.91 Å². The summed E-state index contributed by atoms with van der Waals surface area (Å²) < 4.78 is 12.5. The Balaban J connectivity index is 1.68. The van der Waals surface area contributed by atoms with Crippen molar-refractivity contribution in [2.75, 3.05) is 7.11 Å². The summed E-state index contributed by atoms with van der Waals surface area (Å²) in [7, 11) is 1.65. The third kappa shape index (κ3) is 4.22. The predicted octanol–water partition coefficient (Wildman–Crippen LogP) is 3.90. The second kappa shape index (κ2) is 8.12. The molecule has 1 amide bonds. The lowest BCUT2D eigenvalue weighted by Crippen LogP contribution is -2.26. The second-order valence-corrected chi connectivity index (χ2v) is 6.57. The molecule has 0 aliphatic rings. The van der Waals surface area contributed by atoms with Crippen molar-refractivity contribution in [3.05, 3.63) is 65.4 Å². The molecule has 0 aliphatic carbocycles. The minimum absolute atomic E-state index is 0.00756. The van der Waals surface area contributed by atoms with E-state index in [9.17, 15) is 4.79 Å². The van der Waals surface area contributed by atoms with Crippen LogP contribution in [-0.2, 0) is 11.2 Å². The number of carbonyl (C=O) groups is 1. The Morgan fingerprint density at radius 1 is 1.30 bits per heavy atom.